The first-order valence-electron chi connectivity index (χ1n) is 13.4. The van der Waals surface area contributed by atoms with Crippen molar-refractivity contribution in [2.24, 2.45) is 0 Å². The SMILES string of the molecule is COC(=O)C(=O)Nc1ccc(CC(NC(=O)OC(C)(C)C)C(=O)Nc2c(C)ccn(Cc3ccc(OC)cc3)c2=O)cc1. The average Bonchev–Trinajstić information content (AvgIpc) is 2.96. The van der Waals surface area contributed by atoms with E-state index < -0.39 is 41.1 Å². The monoisotopic (exact) mass is 592 g/mol. The molecule has 1 atom stereocenters. The second kappa shape index (κ2) is 14.2. The highest BCUT2D eigenvalue weighted by atomic mass is 16.6. The number of nitrogens with zero attached hydrogens (tertiary/aromatic N) is 1. The van der Waals surface area contributed by atoms with Crippen molar-refractivity contribution in [2.75, 3.05) is 24.9 Å². The van der Waals surface area contributed by atoms with Gasteiger partial charge in [0, 0.05) is 18.3 Å². The molecule has 0 saturated heterocycles. The number of ether oxygens (including phenoxy) is 3. The number of anilines is 2. The van der Waals surface area contributed by atoms with Crippen LogP contribution in [-0.4, -0.2) is 54.3 Å². The molecule has 12 heteroatoms. The zero-order chi connectivity index (χ0) is 31.7. The summed E-state index contributed by atoms with van der Waals surface area (Å²) in [6, 6.07) is 14.2. The molecular weight excluding hydrogens is 556 g/mol. The van der Waals surface area contributed by atoms with Gasteiger partial charge in [0.1, 0.15) is 23.1 Å². The summed E-state index contributed by atoms with van der Waals surface area (Å²) in [6.45, 7) is 7.06. The Hall–Kier alpha value is -5.13. The van der Waals surface area contributed by atoms with Gasteiger partial charge in [-0.1, -0.05) is 24.3 Å². The number of hydrogen-bond donors (Lipinski definition) is 3. The molecule has 2 aromatic carbocycles. The fourth-order valence-corrected chi connectivity index (χ4v) is 3.97. The van der Waals surface area contributed by atoms with Crippen LogP contribution in [0, 0.1) is 6.92 Å². The number of pyridine rings is 1. The molecule has 0 aliphatic carbocycles. The van der Waals surface area contributed by atoms with Crippen molar-refractivity contribution in [1.82, 2.24) is 9.88 Å². The van der Waals surface area contributed by atoms with Gasteiger partial charge in [-0.05, 0) is 74.7 Å². The van der Waals surface area contributed by atoms with Crippen molar-refractivity contribution in [3.8, 4) is 5.75 Å². The molecular formula is C31H36N4O8. The topological polar surface area (TPSA) is 154 Å². The predicted octanol–water partition coefficient (Wildman–Crippen LogP) is 3.40. The van der Waals surface area contributed by atoms with E-state index in [-0.39, 0.29) is 18.7 Å². The van der Waals surface area contributed by atoms with E-state index in [1.54, 1.807) is 71.3 Å². The van der Waals surface area contributed by atoms with Gasteiger partial charge in [-0.15, -0.1) is 0 Å². The Kier molecular flexibility index (Phi) is 10.7. The molecule has 0 radical (unpaired) electrons. The normalized spacial score (nSPS) is 11.6. The number of aryl methyl sites for hydroxylation is 1. The number of amides is 3. The Labute approximate surface area is 249 Å². The number of rotatable bonds is 9. The molecule has 3 aromatic rings. The number of methoxy groups -OCH3 is 2. The van der Waals surface area contributed by atoms with Crippen LogP contribution in [0.25, 0.3) is 0 Å². The number of carbonyl (C=O) groups excluding carboxylic acids is 4. The minimum Gasteiger partial charge on any atom is -0.497 e. The summed E-state index contributed by atoms with van der Waals surface area (Å²) in [5, 5.41) is 7.69. The molecule has 0 saturated carbocycles. The van der Waals surface area contributed by atoms with Crippen molar-refractivity contribution in [2.45, 2.75) is 52.3 Å². The maximum Gasteiger partial charge on any atom is 0.408 e. The van der Waals surface area contributed by atoms with Gasteiger partial charge in [0.25, 0.3) is 5.56 Å². The van der Waals surface area contributed by atoms with Crippen LogP contribution in [0.1, 0.15) is 37.5 Å². The summed E-state index contributed by atoms with van der Waals surface area (Å²) in [5.41, 5.74) is 1.22. The second-order valence-corrected chi connectivity index (χ2v) is 10.7. The third kappa shape index (κ3) is 9.45. The van der Waals surface area contributed by atoms with E-state index in [1.165, 1.54) is 16.7 Å². The molecule has 0 aliphatic heterocycles. The summed E-state index contributed by atoms with van der Waals surface area (Å²) in [4.78, 5) is 62.7. The molecule has 43 heavy (non-hydrogen) atoms. The lowest BCUT2D eigenvalue weighted by Crippen LogP contribution is -2.47. The van der Waals surface area contributed by atoms with E-state index in [0.717, 1.165) is 12.7 Å². The lowest BCUT2D eigenvalue weighted by atomic mass is 10.0. The quantitative estimate of drug-likeness (QED) is 0.252. The van der Waals surface area contributed by atoms with E-state index >= 15 is 0 Å². The van der Waals surface area contributed by atoms with Crippen molar-refractivity contribution in [1.29, 1.82) is 0 Å². The van der Waals surface area contributed by atoms with Gasteiger partial charge in [0.2, 0.25) is 5.91 Å². The van der Waals surface area contributed by atoms with Crippen LogP contribution in [0.4, 0.5) is 16.2 Å². The predicted molar refractivity (Wildman–Crippen MR) is 160 cm³/mol. The number of hydrogen-bond acceptors (Lipinski definition) is 8. The Morgan fingerprint density at radius 1 is 0.884 bits per heavy atom. The standard InChI is InChI=1S/C31H36N4O8/c1-19-15-16-35(18-21-9-13-23(41-5)14-10-21)28(38)25(19)34-26(36)24(33-30(40)43-31(2,3)4)17-20-7-11-22(12-8-20)32-27(37)29(39)42-6/h7-16,24H,17-18H2,1-6H3,(H,32,37)(H,33,40)(H,34,36). The van der Waals surface area contributed by atoms with Gasteiger partial charge < -0.3 is 34.7 Å². The van der Waals surface area contributed by atoms with Crippen molar-refractivity contribution >= 4 is 35.3 Å². The number of aromatic nitrogens is 1. The summed E-state index contributed by atoms with van der Waals surface area (Å²) < 4.78 is 16.4. The Bertz CT molecular complexity index is 1520. The lowest BCUT2D eigenvalue weighted by Gasteiger charge is -2.24. The third-order valence-corrected chi connectivity index (χ3v) is 6.16. The molecule has 1 heterocycles. The van der Waals surface area contributed by atoms with Crippen LogP contribution in [-0.2, 0) is 36.8 Å². The molecule has 228 valence electrons. The average molecular weight is 593 g/mol. The summed E-state index contributed by atoms with van der Waals surface area (Å²) in [5.74, 6) is -1.91. The van der Waals surface area contributed by atoms with Gasteiger partial charge >= 0.3 is 18.0 Å². The molecule has 0 aliphatic rings. The minimum absolute atomic E-state index is 0.0300. The summed E-state index contributed by atoms with van der Waals surface area (Å²) in [6.07, 6.45) is 0.868. The van der Waals surface area contributed by atoms with Crippen LogP contribution in [0.2, 0.25) is 0 Å². The molecule has 0 spiro atoms. The van der Waals surface area contributed by atoms with Crippen molar-refractivity contribution in [3.05, 3.63) is 87.8 Å². The maximum absolute atomic E-state index is 13.5. The zero-order valence-electron chi connectivity index (χ0n) is 25.0. The van der Waals surface area contributed by atoms with E-state index in [1.807, 2.05) is 12.1 Å². The Morgan fingerprint density at radius 3 is 2.09 bits per heavy atom. The number of nitrogens with one attached hydrogen (secondary N) is 3. The van der Waals surface area contributed by atoms with E-state index in [2.05, 4.69) is 20.7 Å². The fourth-order valence-electron chi connectivity index (χ4n) is 3.97. The highest BCUT2D eigenvalue weighted by molar-refractivity contribution is 6.37. The van der Waals surface area contributed by atoms with Crippen LogP contribution >= 0.6 is 0 Å². The number of esters is 1. The second-order valence-electron chi connectivity index (χ2n) is 10.7. The first kappa shape index (κ1) is 32.4. The smallest absolute Gasteiger partial charge is 0.408 e. The molecule has 1 aromatic heterocycles. The number of carbonyl (C=O) groups is 4. The van der Waals surface area contributed by atoms with Gasteiger partial charge in [0.05, 0.1) is 20.8 Å². The minimum atomic E-state index is -1.13. The van der Waals surface area contributed by atoms with Gasteiger partial charge in [-0.2, -0.15) is 0 Å². The van der Waals surface area contributed by atoms with E-state index in [9.17, 15) is 24.0 Å². The first-order chi connectivity index (χ1) is 20.3. The number of benzene rings is 2. The van der Waals surface area contributed by atoms with Crippen LogP contribution in [0.3, 0.4) is 0 Å². The van der Waals surface area contributed by atoms with E-state index in [0.29, 0.717) is 22.6 Å². The third-order valence-electron chi connectivity index (χ3n) is 6.16. The van der Waals surface area contributed by atoms with Crippen LogP contribution in [0.5, 0.6) is 5.75 Å². The Balaban J connectivity index is 1.83. The van der Waals surface area contributed by atoms with Crippen LogP contribution in [0.15, 0.2) is 65.6 Å². The summed E-state index contributed by atoms with van der Waals surface area (Å²) in [7, 11) is 2.67. The Morgan fingerprint density at radius 2 is 1.51 bits per heavy atom. The van der Waals surface area contributed by atoms with Gasteiger partial charge in [-0.3, -0.25) is 14.4 Å². The van der Waals surface area contributed by atoms with Gasteiger partial charge in [0.15, 0.2) is 0 Å². The molecule has 3 N–H and O–H groups in total. The molecule has 3 amide bonds. The molecule has 1 unspecified atom stereocenters. The highest BCUT2D eigenvalue weighted by Gasteiger charge is 2.26. The first-order valence-corrected chi connectivity index (χ1v) is 13.4. The lowest BCUT2D eigenvalue weighted by molar-refractivity contribution is -0.150. The highest BCUT2D eigenvalue weighted by Crippen LogP contribution is 2.16. The molecule has 0 fully saturated rings. The maximum atomic E-state index is 13.5. The largest absolute Gasteiger partial charge is 0.497 e. The van der Waals surface area contributed by atoms with Crippen molar-refractivity contribution < 1.29 is 33.4 Å². The fraction of sp³-hybridized carbons (Fsp3) is 0.323. The van der Waals surface area contributed by atoms with Crippen LogP contribution < -0.4 is 26.2 Å². The van der Waals surface area contributed by atoms with E-state index in [4.69, 9.17) is 9.47 Å². The zero-order valence-corrected chi connectivity index (χ0v) is 25.0. The molecule has 3 rings (SSSR count). The van der Waals surface area contributed by atoms with Crippen molar-refractivity contribution in [3.63, 3.8) is 0 Å². The van der Waals surface area contributed by atoms with Gasteiger partial charge in [-0.25, -0.2) is 9.59 Å². The molecule has 12 nitrogen and oxygen atoms in total. The number of alkyl carbamates (subject to hydrolysis) is 1. The molecule has 0 bridgehead atoms. The summed E-state index contributed by atoms with van der Waals surface area (Å²) >= 11 is 0.